The first-order valence-electron chi connectivity index (χ1n) is 10.6. The number of methoxy groups -OCH3 is 1. The Morgan fingerprint density at radius 1 is 1.42 bits per heavy atom. The second kappa shape index (κ2) is 6.86. The van der Waals surface area contributed by atoms with Crippen molar-refractivity contribution in [3.63, 3.8) is 0 Å². The van der Waals surface area contributed by atoms with Crippen LogP contribution in [0.2, 0.25) is 1.41 Å². The number of ether oxygens (including phenoxy) is 1. The van der Waals surface area contributed by atoms with Crippen LogP contribution in [0.1, 0.15) is 18.1 Å². The number of hydrogen-bond donors (Lipinski definition) is 1. The zero-order valence-electron chi connectivity index (χ0n) is 20.0. The van der Waals surface area contributed by atoms with Gasteiger partial charge in [-0.1, -0.05) is 0 Å². The topological polar surface area (TPSA) is 78.8 Å². The molecule has 1 N–H and O–H groups in total. The van der Waals surface area contributed by atoms with Crippen LogP contribution in [0.5, 0.6) is 5.75 Å². The largest absolute Gasteiger partial charge is 0.609 e. The third kappa shape index (κ3) is 3.07. The summed E-state index contributed by atoms with van der Waals surface area (Å²) >= 11 is -2.53. The first-order valence-corrected chi connectivity index (χ1v) is 8.83. The van der Waals surface area contributed by atoms with E-state index in [1.54, 1.807) is 37.5 Å². The van der Waals surface area contributed by atoms with Gasteiger partial charge in [0.15, 0.2) is 7.12 Å². The number of pyridine rings is 1. The molecule has 0 amide bonds. The molecule has 132 valence electrons. The summed E-state index contributed by atoms with van der Waals surface area (Å²) in [4.78, 5) is 8.72. The summed E-state index contributed by atoms with van der Waals surface area (Å²) in [5.41, 5.74) is -2.53. The van der Waals surface area contributed by atoms with Crippen molar-refractivity contribution in [2.24, 2.45) is 0 Å². The molecule has 0 aliphatic heterocycles. The van der Waals surface area contributed by atoms with Crippen LogP contribution in [0.25, 0.3) is 16.7 Å². The van der Waals surface area contributed by atoms with Gasteiger partial charge >= 0.3 is 5.16 Å². The highest BCUT2D eigenvalue weighted by Gasteiger charge is 2.20. The minimum absolute atomic E-state index is 0.0937. The van der Waals surface area contributed by atoms with Crippen molar-refractivity contribution in [3.05, 3.63) is 66.2 Å². The van der Waals surface area contributed by atoms with E-state index in [1.807, 2.05) is 0 Å². The second-order valence-corrected chi connectivity index (χ2v) is 6.48. The predicted molar refractivity (Wildman–Crippen MR) is 101 cm³/mol. The lowest BCUT2D eigenvalue weighted by molar-refractivity contribution is 0.410. The van der Waals surface area contributed by atoms with Crippen LogP contribution in [0.15, 0.2) is 60.1 Å². The molecule has 4 aromatic rings. The van der Waals surface area contributed by atoms with Crippen LogP contribution < -0.4 is 4.74 Å². The number of imidazole rings is 1. The maximum absolute atomic E-state index is 13.3. The number of nitrogens with zero attached hydrogens (tertiary/aromatic N) is 3. The van der Waals surface area contributed by atoms with Crippen molar-refractivity contribution in [2.45, 2.75) is 17.8 Å². The molecule has 0 fully saturated rings. The third-order valence-electron chi connectivity index (χ3n) is 3.77. The standard InChI is InChI=1S/C19H18N4O2S/c1-13-17(20-8-7-18(13)25-2)12-26(24)19-21-15-6-5-14(11-16(15)22-19)23-9-3-4-10-23/h3-11H,12H2,1-2H3,(H,21,22)/i5D,6D,11D,12D2/hD. The lowest BCUT2D eigenvalue weighted by atomic mass is 10.2. The maximum Gasteiger partial charge on any atom is 0.322 e. The molecule has 3 heterocycles. The Morgan fingerprint density at radius 2 is 2.23 bits per heavy atom. The number of H-pyrrole nitrogens is 1. The molecule has 1 aromatic carbocycles. The van der Waals surface area contributed by atoms with Crippen molar-refractivity contribution in [2.75, 3.05) is 7.11 Å². The summed E-state index contributed by atoms with van der Waals surface area (Å²) in [5.74, 6) is 0.368. The lowest BCUT2D eigenvalue weighted by Gasteiger charge is -2.10. The zero-order valence-corrected chi connectivity index (χ0v) is 14.8. The minimum atomic E-state index is -2.55. The molecule has 0 saturated carbocycles. The lowest BCUT2D eigenvalue weighted by Crippen LogP contribution is -2.10. The van der Waals surface area contributed by atoms with Crippen molar-refractivity contribution in [1.82, 2.24) is 19.5 Å². The summed E-state index contributed by atoms with van der Waals surface area (Å²) < 4.78 is 70.5. The molecule has 0 aliphatic rings. The normalized spacial score (nSPS) is 16.3. The van der Waals surface area contributed by atoms with Crippen LogP contribution >= 0.6 is 0 Å². The third-order valence-corrected chi connectivity index (χ3v) is 4.66. The SMILES string of the molecule is [2H]c1c(-n2cccc2)c([2H])c2nc([S+]([O-])C([2H])([2H])c3nccc(OC)c3C)n([2H])c2c1[2H]. The highest BCUT2D eigenvalue weighted by Crippen LogP contribution is 2.24. The van der Waals surface area contributed by atoms with E-state index in [-0.39, 0.29) is 40.5 Å². The van der Waals surface area contributed by atoms with Gasteiger partial charge in [0.05, 0.1) is 30.7 Å². The number of fused-ring (bicyclic) bond motifs is 1. The summed E-state index contributed by atoms with van der Waals surface area (Å²) in [6, 6.07) is 4.06. The van der Waals surface area contributed by atoms with Gasteiger partial charge < -0.3 is 13.9 Å². The molecule has 4 rings (SSSR count). The zero-order chi connectivity index (χ0) is 23.4. The molecule has 0 radical (unpaired) electrons. The number of benzene rings is 1. The van der Waals surface area contributed by atoms with E-state index < -0.39 is 22.0 Å². The molecule has 1 atom stereocenters. The Kier molecular flexibility index (Phi) is 2.91. The average molecular weight is 372 g/mol. The fourth-order valence-electron chi connectivity index (χ4n) is 2.43. The fraction of sp³-hybridized carbons (Fsp3) is 0.158. The molecule has 26 heavy (non-hydrogen) atoms. The molecule has 0 spiro atoms. The highest BCUT2D eigenvalue weighted by atomic mass is 32.2. The van der Waals surface area contributed by atoms with Gasteiger partial charge in [-0.3, -0.25) is 9.96 Å². The number of nitrogens with one attached hydrogen (secondary N) is 1. The smallest absolute Gasteiger partial charge is 0.322 e. The summed E-state index contributed by atoms with van der Waals surface area (Å²) in [5, 5.41) is -0.486. The predicted octanol–water partition coefficient (Wildman–Crippen LogP) is 3.37. The molecule has 0 aliphatic carbocycles. The van der Waals surface area contributed by atoms with Gasteiger partial charge in [-0.15, -0.1) is 0 Å². The Morgan fingerprint density at radius 3 is 3.00 bits per heavy atom. The molecule has 7 heteroatoms. The molecule has 0 bridgehead atoms. The molecular formula is C19H18N4O2S. The van der Waals surface area contributed by atoms with Crippen LogP contribution in [-0.2, 0) is 16.9 Å². The Hall–Kier alpha value is -2.77. The number of rotatable bonds is 5. The molecule has 3 aromatic heterocycles. The number of aromatic nitrogens is 4. The Bertz CT molecular complexity index is 1330. The van der Waals surface area contributed by atoms with Crippen LogP contribution in [0.4, 0.5) is 0 Å². The molecule has 1 unspecified atom stereocenters. The van der Waals surface area contributed by atoms with Gasteiger partial charge in [-0.2, -0.15) is 4.98 Å². The van der Waals surface area contributed by atoms with Crippen LogP contribution in [0, 0.1) is 6.92 Å². The van der Waals surface area contributed by atoms with Crippen LogP contribution in [-0.4, -0.2) is 31.2 Å². The molecule has 0 saturated heterocycles. The maximum atomic E-state index is 13.3. The second-order valence-electron chi connectivity index (χ2n) is 5.37. The summed E-state index contributed by atoms with van der Waals surface area (Å²) in [7, 11) is 1.42. The van der Waals surface area contributed by atoms with Gasteiger partial charge in [0.1, 0.15) is 5.75 Å². The van der Waals surface area contributed by atoms with Crippen molar-refractivity contribution >= 4 is 22.2 Å². The van der Waals surface area contributed by atoms with Gasteiger partial charge in [0, 0.05) is 41.0 Å². The minimum Gasteiger partial charge on any atom is -0.609 e. The number of aromatic amines is 1. The first kappa shape index (κ1) is 11.1. The highest BCUT2D eigenvalue weighted by molar-refractivity contribution is 7.90. The van der Waals surface area contributed by atoms with E-state index in [0.717, 1.165) is 0 Å². The van der Waals surface area contributed by atoms with E-state index in [4.69, 9.17) is 13.0 Å². The van der Waals surface area contributed by atoms with E-state index in [1.165, 1.54) is 17.9 Å². The van der Waals surface area contributed by atoms with E-state index >= 15 is 0 Å². The van der Waals surface area contributed by atoms with Gasteiger partial charge in [0.25, 0.3) is 0 Å². The van der Waals surface area contributed by atoms with Crippen molar-refractivity contribution in [3.8, 4) is 11.4 Å². The molecule has 6 nitrogen and oxygen atoms in total. The summed E-state index contributed by atoms with van der Waals surface area (Å²) in [6.45, 7) is 1.58. The summed E-state index contributed by atoms with van der Waals surface area (Å²) in [6.07, 6.45) is 4.56. The Balaban J connectivity index is 1.91. The van der Waals surface area contributed by atoms with Crippen LogP contribution in [0.3, 0.4) is 0 Å². The van der Waals surface area contributed by atoms with E-state index in [2.05, 4.69) is 9.97 Å². The van der Waals surface area contributed by atoms with Gasteiger partial charge in [-0.25, -0.2) is 0 Å². The average Bonchev–Trinajstić information content (AvgIpc) is 3.40. The van der Waals surface area contributed by atoms with Gasteiger partial charge in [-0.05, 0) is 43.3 Å². The monoisotopic (exact) mass is 372 g/mol. The quantitative estimate of drug-likeness (QED) is 0.545. The number of hydrogen-bond acceptors (Lipinski definition) is 4. The fourth-order valence-corrected chi connectivity index (χ4v) is 3.25. The van der Waals surface area contributed by atoms with Crippen molar-refractivity contribution < 1.29 is 17.6 Å². The Labute approximate surface area is 162 Å². The van der Waals surface area contributed by atoms with E-state index in [0.29, 0.717) is 16.3 Å². The van der Waals surface area contributed by atoms with Gasteiger partial charge in [0.2, 0.25) is 0 Å². The molecular weight excluding hydrogens is 348 g/mol. The first-order chi connectivity index (χ1) is 15.1. The van der Waals surface area contributed by atoms with E-state index in [9.17, 15) is 4.55 Å². The van der Waals surface area contributed by atoms with Crippen molar-refractivity contribution in [1.29, 1.82) is 0 Å².